The molecule has 0 bridgehead atoms. The monoisotopic (exact) mass is 386 g/mol. The summed E-state index contributed by atoms with van der Waals surface area (Å²) in [6, 6.07) is 11.1. The maximum atomic E-state index is 12.1. The number of imide groups is 1. The second-order valence-electron chi connectivity index (χ2n) is 5.91. The molecule has 7 nitrogen and oxygen atoms in total. The van der Waals surface area contributed by atoms with Crippen molar-refractivity contribution in [3.05, 3.63) is 69.7 Å². The normalized spacial score (nSPS) is 12.7. The standard InChI is InChI=1S/C19H15ClN2O5/c1-22-17(24)14-6-5-12(8-15(14)18(22)25)19(26)27-10-16(23)21-9-11-3-2-4-13(20)7-11/h2-8H,9-10H2,1H3,(H,21,23). The summed E-state index contributed by atoms with van der Waals surface area (Å²) in [6.07, 6.45) is 0. The van der Waals surface area contributed by atoms with Crippen LogP contribution < -0.4 is 5.32 Å². The minimum atomic E-state index is -0.759. The van der Waals surface area contributed by atoms with Gasteiger partial charge in [-0.3, -0.25) is 19.3 Å². The third kappa shape index (κ3) is 3.98. The topological polar surface area (TPSA) is 92.8 Å². The number of halogens is 1. The predicted molar refractivity (Wildman–Crippen MR) is 96.4 cm³/mol. The zero-order valence-corrected chi connectivity index (χ0v) is 15.1. The van der Waals surface area contributed by atoms with Gasteiger partial charge in [0.15, 0.2) is 6.61 Å². The van der Waals surface area contributed by atoms with Crippen molar-refractivity contribution >= 4 is 35.3 Å². The molecule has 0 unspecified atom stereocenters. The highest BCUT2D eigenvalue weighted by atomic mass is 35.5. The second-order valence-corrected chi connectivity index (χ2v) is 6.35. The van der Waals surface area contributed by atoms with E-state index in [2.05, 4.69) is 5.32 Å². The third-order valence-electron chi connectivity index (χ3n) is 4.04. The predicted octanol–water partition coefficient (Wildman–Crippen LogP) is 2.04. The van der Waals surface area contributed by atoms with E-state index in [9.17, 15) is 19.2 Å². The Bertz CT molecular complexity index is 957. The van der Waals surface area contributed by atoms with E-state index >= 15 is 0 Å². The lowest BCUT2D eigenvalue weighted by atomic mass is 10.1. The lowest BCUT2D eigenvalue weighted by Crippen LogP contribution is -2.28. The van der Waals surface area contributed by atoms with Crippen LogP contribution in [0.15, 0.2) is 42.5 Å². The van der Waals surface area contributed by atoms with E-state index in [0.717, 1.165) is 10.5 Å². The number of hydrogen-bond donors (Lipinski definition) is 1. The maximum Gasteiger partial charge on any atom is 0.338 e. The minimum absolute atomic E-state index is 0.0906. The van der Waals surface area contributed by atoms with Gasteiger partial charge in [0.25, 0.3) is 17.7 Å². The molecule has 27 heavy (non-hydrogen) atoms. The Labute approximate surface area is 159 Å². The molecule has 1 N–H and O–H groups in total. The molecule has 1 aliphatic rings. The second kappa shape index (κ2) is 7.59. The third-order valence-corrected chi connectivity index (χ3v) is 4.27. The van der Waals surface area contributed by atoms with Crippen molar-refractivity contribution in [1.29, 1.82) is 0 Å². The van der Waals surface area contributed by atoms with Crippen molar-refractivity contribution in [2.45, 2.75) is 6.54 Å². The number of carbonyl (C=O) groups is 4. The van der Waals surface area contributed by atoms with Gasteiger partial charge in [-0.25, -0.2) is 4.79 Å². The molecular formula is C19H15ClN2O5. The van der Waals surface area contributed by atoms with Crippen LogP contribution in [0.25, 0.3) is 0 Å². The van der Waals surface area contributed by atoms with Gasteiger partial charge in [-0.15, -0.1) is 0 Å². The quantitative estimate of drug-likeness (QED) is 0.627. The van der Waals surface area contributed by atoms with Crippen LogP contribution in [0, 0.1) is 0 Å². The fourth-order valence-corrected chi connectivity index (χ4v) is 2.81. The highest BCUT2D eigenvalue weighted by Crippen LogP contribution is 2.23. The molecule has 1 heterocycles. The van der Waals surface area contributed by atoms with Gasteiger partial charge < -0.3 is 10.1 Å². The molecule has 0 aliphatic carbocycles. The molecule has 0 fully saturated rings. The van der Waals surface area contributed by atoms with Crippen LogP contribution in [-0.4, -0.2) is 42.2 Å². The van der Waals surface area contributed by atoms with Crippen LogP contribution in [0.1, 0.15) is 36.6 Å². The molecule has 8 heteroatoms. The molecule has 0 atom stereocenters. The van der Waals surface area contributed by atoms with Crippen molar-refractivity contribution in [2.75, 3.05) is 13.7 Å². The van der Waals surface area contributed by atoms with E-state index < -0.39 is 30.3 Å². The Kier molecular flexibility index (Phi) is 5.23. The van der Waals surface area contributed by atoms with Gasteiger partial charge in [-0.05, 0) is 35.9 Å². The molecule has 0 aromatic heterocycles. The van der Waals surface area contributed by atoms with Crippen LogP contribution in [0.3, 0.4) is 0 Å². The van der Waals surface area contributed by atoms with Crippen LogP contribution in [-0.2, 0) is 16.1 Å². The summed E-state index contributed by atoms with van der Waals surface area (Å²) in [5, 5.41) is 3.17. The van der Waals surface area contributed by atoms with Crippen molar-refractivity contribution in [1.82, 2.24) is 10.2 Å². The molecule has 0 saturated heterocycles. The zero-order chi connectivity index (χ0) is 19.6. The molecular weight excluding hydrogens is 372 g/mol. The van der Waals surface area contributed by atoms with Crippen molar-refractivity contribution in [3.63, 3.8) is 0 Å². The van der Waals surface area contributed by atoms with Crippen LogP contribution in [0.2, 0.25) is 5.02 Å². The lowest BCUT2D eigenvalue weighted by molar-refractivity contribution is -0.124. The molecule has 2 aromatic rings. The summed E-state index contributed by atoms with van der Waals surface area (Å²) >= 11 is 5.87. The molecule has 1 aliphatic heterocycles. The lowest BCUT2D eigenvalue weighted by Gasteiger charge is -2.07. The number of amides is 3. The zero-order valence-electron chi connectivity index (χ0n) is 14.3. The molecule has 0 radical (unpaired) electrons. The van der Waals surface area contributed by atoms with E-state index in [1.165, 1.54) is 25.2 Å². The Balaban J connectivity index is 1.56. The number of esters is 1. The van der Waals surface area contributed by atoms with Gasteiger partial charge in [0.2, 0.25) is 0 Å². The van der Waals surface area contributed by atoms with E-state index in [4.69, 9.17) is 16.3 Å². The van der Waals surface area contributed by atoms with Crippen molar-refractivity contribution in [2.24, 2.45) is 0 Å². The molecule has 0 saturated carbocycles. The molecule has 138 valence electrons. The van der Waals surface area contributed by atoms with Crippen molar-refractivity contribution in [3.8, 4) is 0 Å². The molecule has 3 rings (SSSR count). The SMILES string of the molecule is CN1C(=O)c2ccc(C(=O)OCC(=O)NCc3cccc(Cl)c3)cc2C1=O. The first-order valence-electron chi connectivity index (χ1n) is 8.01. The maximum absolute atomic E-state index is 12.1. The van der Waals surface area contributed by atoms with Gasteiger partial charge >= 0.3 is 5.97 Å². The Morgan fingerprint density at radius 3 is 2.56 bits per heavy atom. The average molecular weight is 387 g/mol. The number of nitrogens with one attached hydrogen (secondary N) is 1. The first-order chi connectivity index (χ1) is 12.9. The van der Waals surface area contributed by atoms with Crippen LogP contribution >= 0.6 is 11.6 Å². The number of benzene rings is 2. The van der Waals surface area contributed by atoms with Gasteiger partial charge in [-0.2, -0.15) is 0 Å². The summed E-state index contributed by atoms with van der Waals surface area (Å²) in [5.74, 6) is -2.14. The highest BCUT2D eigenvalue weighted by molar-refractivity contribution is 6.30. The summed E-state index contributed by atoms with van der Waals surface area (Å²) in [5.41, 5.74) is 1.28. The minimum Gasteiger partial charge on any atom is -0.452 e. The number of fused-ring (bicyclic) bond motifs is 1. The van der Waals surface area contributed by atoms with E-state index in [1.807, 2.05) is 0 Å². The number of carbonyl (C=O) groups excluding carboxylic acids is 4. The summed E-state index contributed by atoms with van der Waals surface area (Å²) in [6.45, 7) is -0.220. The van der Waals surface area contributed by atoms with Crippen molar-refractivity contribution < 1.29 is 23.9 Å². The fraction of sp³-hybridized carbons (Fsp3) is 0.158. The summed E-state index contributed by atoms with van der Waals surface area (Å²) < 4.78 is 4.96. The van der Waals surface area contributed by atoms with Gasteiger partial charge in [0.05, 0.1) is 16.7 Å². The summed E-state index contributed by atoms with van der Waals surface area (Å²) in [7, 11) is 1.37. The number of hydrogen-bond acceptors (Lipinski definition) is 5. The number of rotatable bonds is 5. The number of ether oxygens (including phenoxy) is 1. The molecule has 0 spiro atoms. The van der Waals surface area contributed by atoms with Gasteiger partial charge in [-0.1, -0.05) is 23.7 Å². The number of nitrogens with zero attached hydrogens (tertiary/aromatic N) is 1. The van der Waals surface area contributed by atoms with E-state index in [1.54, 1.807) is 24.3 Å². The Morgan fingerprint density at radius 1 is 1.07 bits per heavy atom. The first kappa shape index (κ1) is 18.6. The largest absolute Gasteiger partial charge is 0.452 e. The van der Waals surface area contributed by atoms with E-state index in [0.29, 0.717) is 5.02 Å². The van der Waals surface area contributed by atoms with Gasteiger partial charge in [0.1, 0.15) is 0 Å². The first-order valence-corrected chi connectivity index (χ1v) is 8.39. The smallest absolute Gasteiger partial charge is 0.338 e. The Morgan fingerprint density at radius 2 is 1.81 bits per heavy atom. The fourth-order valence-electron chi connectivity index (χ4n) is 2.60. The molecule has 3 amide bonds. The molecule has 2 aromatic carbocycles. The van der Waals surface area contributed by atoms with E-state index in [-0.39, 0.29) is 23.2 Å². The van der Waals surface area contributed by atoms with Crippen LogP contribution in [0.4, 0.5) is 0 Å². The highest BCUT2D eigenvalue weighted by Gasteiger charge is 2.33. The average Bonchev–Trinajstić information content (AvgIpc) is 2.88. The van der Waals surface area contributed by atoms with Gasteiger partial charge in [0, 0.05) is 18.6 Å². The van der Waals surface area contributed by atoms with Crippen LogP contribution in [0.5, 0.6) is 0 Å². The Hall–Kier alpha value is -3.19. The summed E-state index contributed by atoms with van der Waals surface area (Å²) in [4.78, 5) is 48.7.